The molecule has 1 unspecified atom stereocenters. The van der Waals surface area contributed by atoms with E-state index in [2.05, 4.69) is 12.2 Å². The van der Waals surface area contributed by atoms with Gasteiger partial charge in [-0.1, -0.05) is 19.1 Å². The summed E-state index contributed by atoms with van der Waals surface area (Å²) >= 11 is 0. The molecule has 1 aromatic rings. The van der Waals surface area contributed by atoms with E-state index in [9.17, 15) is 4.79 Å². The molecule has 116 valence electrons. The Morgan fingerprint density at radius 1 is 1.29 bits per heavy atom. The Bertz CT molecular complexity index is 445. The molecule has 1 atom stereocenters. The predicted molar refractivity (Wildman–Crippen MR) is 84.7 cm³/mol. The van der Waals surface area contributed by atoms with Crippen LogP contribution >= 0.6 is 0 Å². The summed E-state index contributed by atoms with van der Waals surface area (Å²) in [4.78, 5) is 14.1. The van der Waals surface area contributed by atoms with Gasteiger partial charge >= 0.3 is 6.03 Å². The maximum absolute atomic E-state index is 12.1. The zero-order chi connectivity index (χ0) is 15.1. The van der Waals surface area contributed by atoms with E-state index in [4.69, 9.17) is 4.74 Å². The molecular formula is C17H26N2O2. The number of likely N-dealkylation sites (tertiary alicyclic amines) is 1. The molecule has 1 aromatic carbocycles. The number of hydrogen-bond acceptors (Lipinski definition) is 2. The van der Waals surface area contributed by atoms with Crippen molar-refractivity contribution < 1.29 is 9.53 Å². The number of methoxy groups -OCH3 is 1. The first-order valence-corrected chi connectivity index (χ1v) is 7.84. The van der Waals surface area contributed by atoms with Crippen molar-refractivity contribution in [1.82, 2.24) is 10.2 Å². The Balaban J connectivity index is 1.73. The first-order valence-electron chi connectivity index (χ1n) is 7.84. The third-order valence-corrected chi connectivity index (χ3v) is 4.15. The van der Waals surface area contributed by atoms with E-state index in [1.54, 1.807) is 7.11 Å². The first-order chi connectivity index (χ1) is 10.2. The summed E-state index contributed by atoms with van der Waals surface area (Å²) in [6.07, 6.45) is 4.31. The van der Waals surface area contributed by atoms with E-state index in [0.29, 0.717) is 6.54 Å². The van der Waals surface area contributed by atoms with Gasteiger partial charge in [0, 0.05) is 19.6 Å². The van der Waals surface area contributed by atoms with Crippen LogP contribution in [-0.4, -0.2) is 37.7 Å². The van der Waals surface area contributed by atoms with Crippen LogP contribution in [0.1, 0.15) is 31.7 Å². The minimum atomic E-state index is 0.0811. The summed E-state index contributed by atoms with van der Waals surface area (Å²) in [5, 5.41) is 3.03. The number of hydrogen-bond donors (Lipinski definition) is 1. The van der Waals surface area contributed by atoms with E-state index in [0.717, 1.165) is 44.0 Å². The number of carbonyl (C=O) groups excluding carboxylic acids is 1. The molecule has 2 rings (SSSR count). The zero-order valence-electron chi connectivity index (χ0n) is 13.1. The molecule has 1 N–H and O–H groups in total. The number of ether oxygens (including phenoxy) is 1. The molecule has 1 aliphatic heterocycles. The summed E-state index contributed by atoms with van der Waals surface area (Å²) < 4.78 is 5.14. The maximum atomic E-state index is 12.1. The predicted octanol–water partition coefficient (Wildman–Crippen LogP) is 3.07. The molecule has 4 heteroatoms. The van der Waals surface area contributed by atoms with Crippen molar-refractivity contribution in [3.63, 3.8) is 0 Å². The van der Waals surface area contributed by atoms with Gasteiger partial charge in [-0.3, -0.25) is 0 Å². The molecule has 21 heavy (non-hydrogen) atoms. The highest BCUT2D eigenvalue weighted by atomic mass is 16.5. The van der Waals surface area contributed by atoms with Crippen LogP contribution in [0.5, 0.6) is 5.75 Å². The Morgan fingerprint density at radius 2 is 2.05 bits per heavy atom. The summed E-state index contributed by atoms with van der Waals surface area (Å²) in [5.74, 6) is 1.60. The Labute approximate surface area is 127 Å². The lowest BCUT2D eigenvalue weighted by atomic mass is 10.0. The zero-order valence-corrected chi connectivity index (χ0v) is 13.1. The molecule has 0 saturated carbocycles. The van der Waals surface area contributed by atoms with Gasteiger partial charge in [-0.15, -0.1) is 0 Å². The van der Waals surface area contributed by atoms with Crippen LogP contribution < -0.4 is 10.1 Å². The molecule has 1 saturated heterocycles. The van der Waals surface area contributed by atoms with Crippen LogP contribution in [0.2, 0.25) is 0 Å². The van der Waals surface area contributed by atoms with Crippen molar-refractivity contribution in [1.29, 1.82) is 0 Å². The monoisotopic (exact) mass is 290 g/mol. The van der Waals surface area contributed by atoms with Gasteiger partial charge in [0.2, 0.25) is 0 Å². The molecule has 0 aromatic heterocycles. The Hall–Kier alpha value is -1.71. The minimum absolute atomic E-state index is 0.0811. The molecule has 4 nitrogen and oxygen atoms in total. The van der Waals surface area contributed by atoms with Crippen LogP contribution in [0.4, 0.5) is 4.79 Å². The second kappa shape index (κ2) is 7.91. The topological polar surface area (TPSA) is 41.6 Å². The van der Waals surface area contributed by atoms with Crippen molar-refractivity contribution in [2.75, 3.05) is 26.7 Å². The molecule has 0 aliphatic carbocycles. The summed E-state index contributed by atoms with van der Waals surface area (Å²) in [6.45, 7) is 4.72. The quantitative estimate of drug-likeness (QED) is 0.926. The third kappa shape index (κ3) is 4.96. The molecule has 1 fully saturated rings. The van der Waals surface area contributed by atoms with Gasteiger partial charge in [0.15, 0.2) is 0 Å². The highest BCUT2D eigenvalue weighted by molar-refractivity contribution is 5.74. The van der Waals surface area contributed by atoms with Crippen LogP contribution in [-0.2, 0) is 6.42 Å². The molecule has 2 amide bonds. The third-order valence-electron chi connectivity index (χ3n) is 4.15. The van der Waals surface area contributed by atoms with Gasteiger partial charge in [-0.25, -0.2) is 4.79 Å². The lowest BCUT2D eigenvalue weighted by Crippen LogP contribution is -2.41. The van der Waals surface area contributed by atoms with Crippen molar-refractivity contribution in [3.05, 3.63) is 29.8 Å². The van der Waals surface area contributed by atoms with Crippen LogP contribution in [0, 0.1) is 5.92 Å². The molecule has 1 heterocycles. The van der Waals surface area contributed by atoms with E-state index in [-0.39, 0.29) is 6.03 Å². The van der Waals surface area contributed by atoms with Gasteiger partial charge < -0.3 is 15.0 Å². The molecule has 0 bridgehead atoms. The maximum Gasteiger partial charge on any atom is 0.317 e. The summed E-state index contributed by atoms with van der Waals surface area (Å²) in [7, 11) is 1.66. The highest BCUT2D eigenvalue weighted by Gasteiger charge is 2.17. The molecule has 0 radical (unpaired) electrons. The van der Waals surface area contributed by atoms with Gasteiger partial charge in [0.05, 0.1) is 7.11 Å². The first kappa shape index (κ1) is 15.7. The van der Waals surface area contributed by atoms with E-state index in [1.807, 2.05) is 29.2 Å². The number of urea groups is 1. The molecule has 0 spiro atoms. The van der Waals surface area contributed by atoms with E-state index >= 15 is 0 Å². The highest BCUT2D eigenvalue weighted by Crippen LogP contribution is 2.16. The van der Waals surface area contributed by atoms with Crippen molar-refractivity contribution in [3.8, 4) is 5.75 Å². The minimum Gasteiger partial charge on any atom is -0.497 e. The molecular weight excluding hydrogens is 264 g/mol. The molecule has 1 aliphatic rings. The number of carbonyl (C=O) groups is 1. The standard InChI is InChI=1S/C17H26N2O2/c1-14-4-3-12-19(13-10-14)17(20)18-11-9-15-5-7-16(21-2)8-6-15/h5-8,14H,3-4,9-13H2,1-2H3,(H,18,20). The summed E-state index contributed by atoms with van der Waals surface area (Å²) in [5.41, 5.74) is 1.21. The Kier molecular flexibility index (Phi) is 5.90. The van der Waals surface area contributed by atoms with Gasteiger partial charge in [0.25, 0.3) is 0 Å². The van der Waals surface area contributed by atoms with Crippen molar-refractivity contribution >= 4 is 6.03 Å². The largest absolute Gasteiger partial charge is 0.497 e. The number of rotatable bonds is 4. The van der Waals surface area contributed by atoms with Gasteiger partial charge in [-0.2, -0.15) is 0 Å². The van der Waals surface area contributed by atoms with Crippen LogP contribution in [0.25, 0.3) is 0 Å². The number of benzene rings is 1. The van der Waals surface area contributed by atoms with Crippen molar-refractivity contribution in [2.24, 2.45) is 5.92 Å². The second-order valence-electron chi connectivity index (χ2n) is 5.85. The number of nitrogens with zero attached hydrogens (tertiary/aromatic N) is 1. The average Bonchev–Trinajstić information content (AvgIpc) is 2.72. The summed E-state index contributed by atoms with van der Waals surface area (Å²) in [6, 6.07) is 8.07. The van der Waals surface area contributed by atoms with E-state index in [1.165, 1.54) is 12.0 Å². The second-order valence-corrected chi connectivity index (χ2v) is 5.85. The SMILES string of the molecule is COc1ccc(CCNC(=O)N2CCCC(C)CC2)cc1. The lowest BCUT2D eigenvalue weighted by Gasteiger charge is -2.21. The van der Waals surface area contributed by atoms with E-state index < -0.39 is 0 Å². The van der Waals surface area contributed by atoms with Gasteiger partial charge in [0.1, 0.15) is 5.75 Å². The fourth-order valence-corrected chi connectivity index (χ4v) is 2.68. The smallest absolute Gasteiger partial charge is 0.317 e. The van der Waals surface area contributed by atoms with Gasteiger partial charge in [-0.05, 0) is 49.3 Å². The lowest BCUT2D eigenvalue weighted by molar-refractivity contribution is 0.199. The number of amides is 2. The fraction of sp³-hybridized carbons (Fsp3) is 0.588. The number of nitrogens with one attached hydrogen (secondary N) is 1. The van der Waals surface area contributed by atoms with Crippen molar-refractivity contribution in [2.45, 2.75) is 32.6 Å². The normalized spacial score (nSPS) is 19.0. The average molecular weight is 290 g/mol. The van der Waals surface area contributed by atoms with Crippen LogP contribution in [0.3, 0.4) is 0 Å². The fourth-order valence-electron chi connectivity index (χ4n) is 2.68. The van der Waals surface area contributed by atoms with Crippen LogP contribution in [0.15, 0.2) is 24.3 Å². The Morgan fingerprint density at radius 3 is 2.76 bits per heavy atom.